The Labute approximate surface area is 209 Å². The zero-order valence-corrected chi connectivity index (χ0v) is 21.6. The quantitative estimate of drug-likeness (QED) is 0.696. The molecule has 1 N–H and O–H groups in total. The Balaban J connectivity index is 1.81. The molecule has 7 heteroatoms. The summed E-state index contributed by atoms with van der Waals surface area (Å²) in [5.41, 5.74) is 5.17. The first-order chi connectivity index (χ1) is 16.9. The monoisotopic (exact) mass is 478 g/mol. The van der Waals surface area contributed by atoms with Crippen molar-refractivity contribution >= 4 is 11.7 Å². The van der Waals surface area contributed by atoms with Crippen LogP contribution in [0, 0.1) is 0 Å². The summed E-state index contributed by atoms with van der Waals surface area (Å²) in [6.45, 7) is 4.31. The van der Waals surface area contributed by atoms with E-state index < -0.39 is 0 Å². The molecule has 2 atom stereocenters. The number of ether oxygens (including phenoxy) is 2. The van der Waals surface area contributed by atoms with Crippen LogP contribution < -0.4 is 14.8 Å². The molecule has 2 heterocycles. The summed E-state index contributed by atoms with van der Waals surface area (Å²) in [6, 6.07) is 12.4. The number of hydrogen-bond acceptors (Lipinski definition) is 5. The molecule has 1 fully saturated rings. The van der Waals surface area contributed by atoms with Gasteiger partial charge >= 0.3 is 6.03 Å². The minimum absolute atomic E-state index is 0.117. The van der Waals surface area contributed by atoms with Crippen molar-refractivity contribution in [2.24, 2.45) is 5.10 Å². The highest BCUT2D eigenvalue weighted by molar-refractivity contribution is 6.14. The van der Waals surface area contributed by atoms with Crippen molar-refractivity contribution in [3.8, 4) is 11.5 Å². The second-order valence-electron chi connectivity index (χ2n) is 9.68. The summed E-state index contributed by atoms with van der Waals surface area (Å²) >= 11 is 0. The summed E-state index contributed by atoms with van der Waals surface area (Å²) in [5, 5.41) is 9.24. The number of benzene rings is 2. The van der Waals surface area contributed by atoms with Crippen molar-refractivity contribution in [1.82, 2.24) is 15.2 Å². The number of nitrogens with zero attached hydrogens (tertiary/aromatic N) is 3. The molecule has 2 amide bonds. The van der Waals surface area contributed by atoms with Gasteiger partial charge in [-0.3, -0.25) is 0 Å². The zero-order valence-electron chi connectivity index (χ0n) is 21.6. The Kier molecular flexibility index (Phi) is 7.96. The predicted octanol–water partition coefficient (Wildman–Crippen LogP) is 4.63. The average Bonchev–Trinajstić information content (AvgIpc) is 3.00. The van der Waals surface area contributed by atoms with Crippen LogP contribution >= 0.6 is 0 Å². The van der Waals surface area contributed by atoms with Crippen molar-refractivity contribution in [2.75, 3.05) is 41.4 Å². The predicted molar refractivity (Wildman–Crippen MR) is 140 cm³/mol. The van der Waals surface area contributed by atoms with Gasteiger partial charge in [-0.2, -0.15) is 5.10 Å². The lowest BCUT2D eigenvalue weighted by Crippen LogP contribution is -2.41. The molecular formula is C28H38N4O3. The van der Waals surface area contributed by atoms with E-state index in [9.17, 15) is 4.79 Å². The Morgan fingerprint density at radius 3 is 2.57 bits per heavy atom. The van der Waals surface area contributed by atoms with Gasteiger partial charge in [0.25, 0.3) is 0 Å². The van der Waals surface area contributed by atoms with Crippen molar-refractivity contribution in [2.45, 2.75) is 51.0 Å². The number of carbonyl (C=O) groups excluding carboxylic acids is 1. The van der Waals surface area contributed by atoms with Gasteiger partial charge < -0.3 is 19.7 Å². The van der Waals surface area contributed by atoms with Gasteiger partial charge in [0.05, 0.1) is 26.0 Å². The molecule has 2 aromatic carbocycles. The smallest absolute Gasteiger partial charge is 0.337 e. The third-order valence-corrected chi connectivity index (χ3v) is 7.26. The van der Waals surface area contributed by atoms with Crippen LogP contribution in [-0.4, -0.2) is 69.1 Å². The minimum atomic E-state index is -0.221. The fourth-order valence-corrected chi connectivity index (χ4v) is 5.23. The van der Waals surface area contributed by atoms with Crippen LogP contribution in [0.25, 0.3) is 0 Å². The molecule has 2 aromatic rings. The van der Waals surface area contributed by atoms with Crippen molar-refractivity contribution < 1.29 is 14.3 Å². The van der Waals surface area contributed by atoms with Gasteiger partial charge in [-0.1, -0.05) is 24.6 Å². The van der Waals surface area contributed by atoms with E-state index in [1.54, 1.807) is 26.3 Å². The number of methoxy groups -OCH3 is 2. The molecule has 2 aliphatic heterocycles. The lowest BCUT2D eigenvalue weighted by Gasteiger charge is -2.26. The maximum Gasteiger partial charge on any atom is 0.337 e. The second-order valence-corrected chi connectivity index (χ2v) is 9.68. The summed E-state index contributed by atoms with van der Waals surface area (Å²) in [5.74, 6) is 1.85. The van der Waals surface area contributed by atoms with Crippen molar-refractivity contribution in [1.29, 1.82) is 0 Å². The van der Waals surface area contributed by atoms with Crippen LogP contribution in [0.4, 0.5) is 4.79 Å². The second kappa shape index (κ2) is 11.1. The summed E-state index contributed by atoms with van der Waals surface area (Å²) < 4.78 is 11.2. The Morgan fingerprint density at radius 2 is 1.83 bits per heavy atom. The van der Waals surface area contributed by atoms with Gasteiger partial charge in [0.15, 0.2) is 11.5 Å². The largest absolute Gasteiger partial charge is 0.493 e. The fourth-order valence-electron chi connectivity index (χ4n) is 5.23. The van der Waals surface area contributed by atoms with Gasteiger partial charge in [-0.25, -0.2) is 9.80 Å². The molecule has 2 aliphatic rings. The molecule has 0 aromatic heterocycles. The Morgan fingerprint density at radius 1 is 1.06 bits per heavy atom. The van der Waals surface area contributed by atoms with Crippen LogP contribution in [0.15, 0.2) is 41.5 Å². The van der Waals surface area contributed by atoms with E-state index in [2.05, 4.69) is 41.5 Å². The molecule has 35 heavy (non-hydrogen) atoms. The minimum Gasteiger partial charge on any atom is -0.493 e. The average molecular weight is 479 g/mol. The van der Waals surface area contributed by atoms with Gasteiger partial charge in [0, 0.05) is 18.2 Å². The molecule has 0 spiro atoms. The number of nitrogens with one attached hydrogen (secondary N) is 1. The Hall–Kier alpha value is -3.06. The van der Waals surface area contributed by atoms with Gasteiger partial charge in [-0.15, -0.1) is 0 Å². The summed E-state index contributed by atoms with van der Waals surface area (Å²) in [4.78, 5) is 15.2. The third kappa shape index (κ3) is 5.45. The number of hydrazone groups is 1. The number of hydrogen-bond donors (Lipinski definition) is 1. The van der Waals surface area contributed by atoms with E-state index in [-0.39, 0.29) is 12.1 Å². The van der Waals surface area contributed by atoms with Crippen molar-refractivity contribution in [3.63, 3.8) is 0 Å². The molecule has 2 unspecified atom stereocenters. The van der Waals surface area contributed by atoms with E-state index >= 15 is 0 Å². The summed E-state index contributed by atoms with van der Waals surface area (Å²) in [6.07, 6.45) is 5.49. The topological polar surface area (TPSA) is 66.4 Å². The first-order valence-corrected chi connectivity index (χ1v) is 12.6. The van der Waals surface area contributed by atoms with E-state index in [1.165, 1.54) is 31.4 Å². The van der Waals surface area contributed by atoms with E-state index in [1.807, 2.05) is 19.1 Å². The molecule has 4 rings (SSSR count). The van der Waals surface area contributed by atoms with E-state index in [4.69, 9.17) is 14.6 Å². The number of rotatable bonds is 4. The molecule has 1 saturated heterocycles. The van der Waals surface area contributed by atoms with E-state index in [0.29, 0.717) is 23.8 Å². The number of amides is 2. The molecule has 0 bridgehead atoms. The SMILES string of the molecule is CNC(=O)N1N=C(c2cccc(C3CCCCN(C)CC3)c2)c2cc(OC)c(OC)cc2CC1C. The lowest BCUT2D eigenvalue weighted by molar-refractivity contribution is 0.184. The molecule has 0 saturated carbocycles. The highest BCUT2D eigenvalue weighted by Crippen LogP contribution is 2.35. The van der Waals surface area contributed by atoms with Crippen LogP contribution in [0.5, 0.6) is 11.5 Å². The van der Waals surface area contributed by atoms with Crippen LogP contribution in [0.2, 0.25) is 0 Å². The number of fused-ring (bicyclic) bond motifs is 1. The van der Waals surface area contributed by atoms with Gasteiger partial charge in [0.1, 0.15) is 0 Å². The highest BCUT2D eigenvalue weighted by Gasteiger charge is 2.28. The van der Waals surface area contributed by atoms with Crippen LogP contribution in [-0.2, 0) is 6.42 Å². The molecule has 0 aliphatic carbocycles. The molecule has 7 nitrogen and oxygen atoms in total. The fraction of sp³-hybridized carbons (Fsp3) is 0.500. The molecule has 0 radical (unpaired) electrons. The third-order valence-electron chi connectivity index (χ3n) is 7.26. The normalized spacial score (nSPS) is 21.2. The highest BCUT2D eigenvalue weighted by atomic mass is 16.5. The lowest BCUT2D eigenvalue weighted by atomic mass is 9.87. The maximum absolute atomic E-state index is 12.8. The number of urea groups is 1. The number of likely N-dealkylation sites (tertiary alicyclic amines) is 1. The Bertz CT molecular complexity index is 1080. The molecule has 188 valence electrons. The zero-order chi connectivity index (χ0) is 24.9. The molecular weight excluding hydrogens is 440 g/mol. The first kappa shape index (κ1) is 25.0. The summed E-state index contributed by atoms with van der Waals surface area (Å²) in [7, 11) is 7.14. The van der Waals surface area contributed by atoms with Crippen LogP contribution in [0.3, 0.4) is 0 Å². The standard InChI is InChI=1S/C28H38N4O3/c1-19-15-23-17-25(34-4)26(35-5)18-24(23)27(30-32(19)28(33)29-2)22-11-8-10-21(16-22)20-9-6-7-13-31(3)14-12-20/h8,10-11,16-20H,6-7,9,12-15H2,1-5H3,(H,29,33). The first-order valence-electron chi connectivity index (χ1n) is 12.6. The van der Waals surface area contributed by atoms with Gasteiger partial charge in [-0.05, 0) is 88.0 Å². The number of carbonyl (C=O) groups is 1. The maximum atomic E-state index is 12.8. The van der Waals surface area contributed by atoms with E-state index in [0.717, 1.165) is 35.4 Å². The van der Waals surface area contributed by atoms with Crippen molar-refractivity contribution in [3.05, 3.63) is 58.7 Å². The van der Waals surface area contributed by atoms with Gasteiger partial charge in [0.2, 0.25) is 0 Å². The van der Waals surface area contributed by atoms with Crippen LogP contribution in [0.1, 0.15) is 60.8 Å².